The molecule has 0 unspecified atom stereocenters. The summed E-state index contributed by atoms with van der Waals surface area (Å²) in [7, 11) is 0. The van der Waals surface area contributed by atoms with Crippen molar-refractivity contribution in [2.24, 2.45) is 0 Å². The van der Waals surface area contributed by atoms with Crippen LogP contribution in [0.4, 0.5) is 0 Å². The minimum absolute atomic E-state index is 0.0954. The number of carboxylic acids is 1. The molecule has 176 valence electrons. The summed E-state index contributed by atoms with van der Waals surface area (Å²) in [4.78, 5) is 37.8. The van der Waals surface area contributed by atoms with Gasteiger partial charge < -0.3 is 20.5 Å². The van der Waals surface area contributed by atoms with Gasteiger partial charge in [-0.25, -0.2) is 4.79 Å². The minimum Gasteiger partial charge on any atom is -0.494 e. The number of carbonyl (C=O) groups excluding carboxylic acids is 2. The van der Waals surface area contributed by atoms with Crippen LogP contribution in [0.15, 0.2) is 84.9 Å². The van der Waals surface area contributed by atoms with Crippen LogP contribution in [-0.2, 0) is 22.4 Å². The molecule has 0 spiro atoms. The van der Waals surface area contributed by atoms with Gasteiger partial charge in [-0.3, -0.25) is 9.59 Å². The highest BCUT2D eigenvalue weighted by molar-refractivity contribution is 5.98. The van der Waals surface area contributed by atoms with Gasteiger partial charge in [0.1, 0.15) is 17.8 Å². The highest BCUT2D eigenvalue weighted by Crippen LogP contribution is 2.14. The predicted molar refractivity (Wildman–Crippen MR) is 129 cm³/mol. The normalized spacial score (nSPS) is 12.3. The maximum Gasteiger partial charge on any atom is 0.326 e. The number of aliphatic carboxylic acids is 1. The van der Waals surface area contributed by atoms with Crippen LogP contribution in [0.3, 0.4) is 0 Å². The molecule has 3 aromatic rings. The number of nitrogens with one attached hydrogen (secondary N) is 2. The summed E-state index contributed by atoms with van der Waals surface area (Å²) < 4.78 is 5.41. The van der Waals surface area contributed by atoms with E-state index in [4.69, 9.17) is 4.74 Å². The van der Waals surface area contributed by atoms with Crippen molar-refractivity contribution in [1.82, 2.24) is 10.6 Å². The fourth-order valence-corrected chi connectivity index (χ4v) is 3.49. The van der Waals surface area contributed by atoms with E-state index in [9.17, 15) is 19.5 Å². The maximum atomic E-state index is 13.1. The van der Waals surface area contributed by atoms with Crippen LogP contribution in [0.5, 0.6) is 5.75 Å². The smallest absolute Gasteiger partial charge is 0.326 e. The first-order valence-corrected chi connectivity index (χ1v) is 11.1. The zero-order chi connectivity index (χ0) is 24.3. The second-order valence-corrected chi connectivity index (χ2v) is 7.76. The number of ether oxygens (including phenoxy) is 1. The van der Waals surface area contributed by atoms with Gasteiger partial charge in [0, 0.05) is 18.4 Å². The van der Waals surface area contributed by atoms with E-state index >= 15 is 0 Å². The molecule has 0 heterocycles. The summed E-state index contributed by atoms with van der Waals surface area (Å²) >= 11 is 0. The van der Waals surface area contributed by atoms with Crippen LogP contribution in [0.1, 0.15) is 28.4 Å². The minimum atomic E-state index is -1.16. The van der Waals surface area contributed by atoms with E-state index in [0.29, 0.717) is 17.9 Å². The standard InChI is InChI=1S/C27H28N2O5/c1-2-34-22-15-13-20(14-16-22)18-24(27(32)33)29-26(31)23(17-19-9-5-3-6-10-19)28-25(30)21-11-7-4-8-12-21/h3-16,23-24H,2,17-18H2,1H3,(H,28,30)(H,29,31)(H,32,33)/t23-,24-/m0/s1. The highest BCUT2D eigenvalue weighted by atomic mass is 16.5. The number of rotatable bonds is 11. The summed E-state index contributed by atoms with van der Waals surface area (Å²) in [5.74, 6) is -1.44. The van der Waals surface area contributed by atoms with Gasteiger partial charge in [0.05, 0.1) is 6.61 Å². The van der Waals surface area contributed by atoms with Crippen molar-refractivity contribution in [3.05, 3.63) is 102 Å². The van der Waals surface area contributed by atoms with Crippen LogP contribution in [0, 0.1) is 0 Å². The maximum absolute atomic E-state index is 13.1. The molecule has 0 aromatic heterocycles. The molecule has 0 saturated carbocycles. The molecule has 0 aliphatic heterocycles. The number of carboxylic acid groups (broad SMARTS) is 1. The van der Waals surface area contributed by atoms with Gasteiger partial charge in [0.15, 0.2) is 0 Å². The molecule has 0 aliphatic rings. The largest absolute Gasteiger partial charge is 0.494 e. The van der Waals surface area contributed by atoms with Crippen LogP contribution in [0.25, 0.3) is 0 Å². The van der Waals surface area contributed by atoms with Gasteiger partial charge in [0.25, 0.3) is 5.91 Å². The Labute approximate surface area is 198 Å². The van der Waals surface area contributed by atoms with E-state index in [2.05, 4.69) is 10.6 Å². The Hall–Kier alpha value is -4.13. The molecule has 0 aliphatic carbocycles. The second kappa shape index (κ2) is 12.2. The zero-order valence-corrected chi connectivity index (χ0v) is 18.9. The monoisotopic (exact) mass is 460 g/mol. The summed E-state index contributed by atoms with van der Waals surface area (Å²) in [6, 6.07) is 22.8. The molecule has 0 bridgehead atoms. The first-order valence-electron chi connectivity index (χ1n) is 11.1. The molecule has 0 saturated heterocycles. The molecule has 34 heavy (non-hydrogen) atoms. The van der Waals surface area contributed by atoms with Crippen LogP contribution < -0.4 is 15.4 Å². The van der Waals surface area contributed by atoms with Gasteiger partial charge in [-0.05, 0) is 42.3 Å². The summed E-state index contributed by atoms with van der Waals surface area (Å²) in [6.45, 7) is 2.41. The van der Waals surface area contributed by atoms with E-state index < -0.39 is 29.9 Å². The summed E-state index contributed by atoms with van der Waals surface area (Å²) in [5.41, 5.74) is 2.00. The molecule has 3 N–H and O–H groups in total. The first-order chi connectivity index (χ1) is 16.5. The molecular formula is C27H28N2O5. The van der Waals surface area contributed by atoms with Gasteiger partial charge in [0.2, 0.25) is 5.91 Å². The molecular weight excluding hydrogens is 432 g/mol. The van der Waals surface area contributed by atoms with Crippen molar-refractivity contribution in [2.75, 3.05) is 6.61 Å². The van der Waals surface area contributed by atoms with E-state index in [1.807, 2.05) is 37.3 Å². The van der Waals surface area contributed by atoms with Crippen molar-refractivity contribution in [2.45, 2.75) is 31.8 Å². The van der Waals surface area contributed by atoms with Crippen molar-refractivity contribution < 1.29 is 24.2 Å². The zero-order valence-electron chi connectivity index (χ0n) is 18.9. The van der Waals surface area contributed by atoms with E-state index in [1.165, 1.54) is 0 Å². The van der Waals surface area contributed by atoms with Crippen molar-refractivity contribution in [1.29, 1.82) is 0 Å². The predicted octanol–water partition coefficient (Wildman–Crippen LogP) is 3.24. The van der Waals surface area contributed by atoms with E-state index in [1.54, 1.807) is 54.6 Å². The Morgan fingerprint density at radius 3 is 1.91 bits per heavy atom. The summed E-state index contributed by atoms with van der Waals surface area (Å²) in [6.07, 6.45) is 0.318. The molecule has 3 aromatic carbocycles. The Morgan fingerprint density at radius 1 is 0.765 bits per heavy atom. The highest BCUT2D eigenvalue weighted by Gasteiger charge is 2.27. The second-order valence-electron chi connectivity index (χ2n) is 7.76. The van der Waals surface area contributed by atoms with Gasteiger partial charge in [-0.1, -0.05) is 60.7 Å². The molecule has 0 radical (unpaired) electrons. The van der Waals surface area contributed by atoms with Gasteiger partial charge in [-0.2, -0.15) is 0 Å². The van der Waals surface area contributed by atoms with Gasteiger partial charge in [-0.15, -0.1) is 0 Å². The lowest BCUT2D eigenvalue weighted by Gasteiger charge is -2.22. The SMILES string of the molecule is CCOc1ccc(C[C@H](NC(=O)[C@H](Cc2ccccc2)NC(=O)c2ccccc2)C(=O)O)cc1. The third-order valence-corrected chi connectivity index (χ3v) is 5.23. The van der Waals surface area contributed by atoms with Crippen LogP contribution >= 0.6 is 0 Å². The Kier molecular flexibility index (Phi) is 8.80. The topological polar surface area (TPSA) is 105 Å². The molecule has 0 fully saturated rings. The van der Waals surface area contributed by atoms with Crippen LogP contribution in [-0.4, -0.2) is 41.6 Å². The number of hydrogen-bond acceptors (Lipinski definition) is 4. The summed E-state index contributed by atoms with van der Waals surface area (Å²) in [5, 5.41) is 15.1. The lowest BCUT2D eigenvalue weighted by molar-refractivity contribution is -0.142. The van der Waals surface area contributed by atoms with E-state index in [0.717, 1.165) is 11.1 Å². The lowest BCUT2D eigenvalue weighted by Crippen LogP contribution is -2.53. The molecule has 3 rings (SSSR count). The van der Waals surface area contributed by atoms with Gasteiger partial charge >= 0.3 is 5.97 Å². The number of amides is 2. The third kappa shape index (κ3) is 7.20. The fraction of sp³-hybridized carbons (Fsp3) is 0.222. The molecule has 7 nitrogen and oxygen atoms in total. The van der Waals surface area contributed by atoms with E-state index in [-0.39, 0.29) is 12.8 Å². The Balaban J connectivity index is 1.74. The average Bonchev–Trinajstić information content (AvgIpc) is 2.85. The lowest BCUT2D eigenvalue weighted by atomic mass is 10.0. The first kappa shape index (κ1) is 24.5. The van der Waals surface area contributed by atoms with Crippen molar-refractivity contribution in [3.8, 4) is 5.75 Å². The van der Waals surface area contributed by atoms with Crippen LogP contribution in [0.2, 0.25) is 0 Å². The number of carbonyl (C=O) groups is 3. The molecule has 7 heteroatoms. The molecule has 2 atom stereocenters. The Bertz CT molecular complexity index is 1090. The quantitative estimate of drug-likeness (QED) is 0.408. The Morgan fingerprint density at radius 2 is 1.32 bits per heavy atom. The van der Waals surface area contributed by atoms with Crippen molar-refractivity contribution in [3.63, 3.8) is 0 Å². The number of hydrogen-bond donors (Lipinski definition) is 3. The van der Waals surface area contributed by atoms with Crippen molar-refractivity contribution >= 4 is 17.8 Å². The number of benzene rings is 3. The third-order valence-electron chi connectivity index (χ3n) is 5.23. The average molecular weight is 461 g/mol. The fourth-order valence-electron chi connectivity index (χ4n) is 3.49. The molecule has 2 amide bonds.